The van der Waals surface area contributed by atoms with Crippen LogP contribution in [-0.4, -0.2) is 71.0 Å². The number of nitrogens with one attached hydrogen (secondary N) is 1. The first-order chi connectivity index (χ1) is 17.0. The third-order valence-corrected chi connectivity index (χ3v) is 5.85. The Hall–Kier alpha value is -3.28. The average molecular weight is 503 g/mol. The maximum absolute atomic E-state index is 13.4. The van der Waals surface area contributed by atoms with Gasteiger partial charge < -0.3 is 10.1 Å². The maximum atomic E-state index is 13.4. The van der Waals surface area contributed by atoms with Crippen LogP contribution >= 0.6 is 0 Å². The Morgan fingerprint density at radius 1 is 1.14 bits per heavy atom. The summed E-state index contributed by atoms with van der Waals surface area (Å²) in [5.74, 6) is -0.668. The van der Waals surface area contributed by atoms with Crippen molar-refractivity contribution in [3.63, 3.8) is 0 Å². The van der Waals surface area contributed by atoms with Crippen molar-refractivity contribution in [2.75, 3.05) is 33.4 Å². The van der Waals surface area contributed by atoms with Crippen LogP contribution in [-0.2, 0) is 14.5 Å². The number of carbonyl (C=O) groups excluding carboxylic acids is 2. The van der Waals surface area contributed by atoms with E-state index in [1.54, 1.807) is 58.0 Å². The minimum absolute atomic E-state index is 0.118. The van der Waals surface area contributed by atoms with Crippen molar-refractivity contribution in [3.05, 3.63) is 68.5 Å². The van der Waals surface area contributed by atoms with Gasteiger partial charge in [-0.05, 0) is 46.2 Å². The lowest BCUT2D eigenvalue weighted by molar-refractivity contribution is -0.279. The lowest BCUT2D eigenvalue weighted by atomic mass is 10.1. The molecule has 1 aliphatic heterocycles. The van der Waals surface area contributed by atoms with Crippen LogP contribution in [0.2, 0.25) is 0 Å². The number of rotatable bonds is 8. The van der Waals surface area contributed by atoms with Crippen molar-refractivity contribution in [3.8, 4) is 0 Å². The maximum Gasteiger partial charge on any atom is 0.407 e. The number of aryl methyl sites for hydroxylation is 1. The standard InChI is InChI=1S/C25H34N4O7/c1-17-14-28(24(33)29(21(17)30)22(31)18-9-7-6-8-10-18)19-13-20(16-35-34-5)27(15-19)12-11-26-23(32)36-25(2,3)4/h6-10,14,19-20H,11-13,15-16H2,1-5H3,(H,26,32)/t19-,20+/m0/s1. The van der Waals surface area contributed by atoms with E-state index in [0.29, 0.717) is 30.6 Å². The first-order valence-electron chi connectivity index (χ1n) is 11.8. The van der Waals surface area contributed by atoms with Crippen molar-refractivity contribution in [2.45, 2.75) is 51.8 Å². The number of hydrogen-bond donors (Lipinski definition) is 1. The van der Waals surface area contributed by atoms with Crippen LogP contribution in [0.1, 0.15) is 49.2 Å². The number of alkyl carbamates (subject to hydrolysis) is 1. The van der Waals surface area contributed by atoms with Gasteiger partial charge in [-0.2, -0.15) is 4.57 Å². The Labute approximate surface area is 209 Å². The molecular formula is C25H34N4O7. The van der Waals surface area contributed by atoms with Crippen molar-refractivity contribution >= 4 is 12.0 Å². The van der Waals surface area contributed by atoms with Crippen LogP contribution in [0.15, 0.2) is 46.1 Å². The van der Waals surface area contributed by atoms with E-state index >= 15 is 0 Å². The summed E-state index contributed by atoms with van der Waals surface area (Å²) in [4.78, 5) is 63.2. The van der Waals surface area contributed by atoms with Gasteiger partial charge in [0.15, 0.2) is 0 Å². The highest BCUT2D eigenvalue weighted by Gasteiger charge is 2.35. The number of carbonyl (C=O) groups is 2. The summed E-state index contributed by atoms with van der Waals surface area (Å²) in [5.41, 5.74) is -1.39. The number of ether oxygens (including phenoxy) is 1. The van der Waals surface area contributed by atoms with Crippen LogP contribution in [0, 0.1) is 6.92 Å². The molecule has 0 bridgehead atoms. The van der Waals surface area contributed by atoms with Gasteiger partial charge in [0.2, 0.25) is 0 Å². The van der Waals surface area contributed by atoms with Crippen LogP contribution < -0.4 is 16.6 Å². The topological polar surface area (TPSA) is 121 Å². The molecule has 1 saturated heterocycles. The summed E-state index contributed by atoms with van der Waals surface area (Å²) in [6, 6.07) is 7.79. The van der Waals surface area contributed by atoms with Crippen LogP contribution in [0.4, 0.5) is 4.79 Å². The van der Waals surface area contributed by atoms with Crippen LogP contribution in [0.25, 0.3) is 0 Å². The smallest absolute Gasteiger partial charge is 0.407 e. The van der Waals surface area contributed by atoms with E-state index in [0.717, 1.165) is 0 Å². The van der Waals surface area contributed by atoms with Crippen molar-refractivity contribution in [2.24, 2.45) is 0 Å². The number of amides is 1. The van der Waals surface area contributed by atoms with E-state index in [4.69, 9.17) is 14.5 Å². The van der Waals surface area contributed by atoms with Gasteiger partial charge in [0, 0.05) is 43.0 Å². The molecule has 1 aromatic carbocycles. The summed E-state index contributed by atoms with van der Waals surface area (Å²) in [7, 11) is 1.42. The van der Waals surface area contributed by atoms with Crippen LogP contribution in [0.3, 0.4) is 0 Å². The predicted molar refractivity (Wildman–Crippen MR) is 132 cm³/mol. The second-order valence-corrected chi connectivity index (χ2v) is 9.73. The fourth-order valence-electron chi connectivity index (χ4n) is 4.22. The second-order valence-electron chi connectivity index (χ2n) is 9.73. The molecule has 1 aromatic heterocycles. The molecule has 1 aliphatic rings. The number of nitrogens with zero attached hydrogens (tertiary/aromatic N) is 3. The first kappa shape index (κ1) is 27.3. The molecule has 0 saturated carbocycles. The Kier molecular flexibility index (Phi) is 8.83. The highest BCUT2D eigenvalue weighted by molar-refractivity contribution is 5.95. The van der Waals surface area contributed by atoms with Gasteiger partial charge in [0.1, 0.15) is 5.60 Å². The molecule has 0 spiro atoms. The molecule has 11 heteroatoms. The lowest BCUT2D eigenvalue weighted by Gasteiger charge is -2.24. The zero-order chi connectivity index (χ0) is 26.5. The minimum Gasteiger partial charge on any atom is -0.444 e. The van der Waals surface area contributed by atoms with E-state index in [-0.39, 0.29) is 29.8 Å². The van der Waals surface area contributed by atoms with Gasteiger partial charge in [0.05, 0.1) is 19.8 Å². The normalized spacial score (nSPS) is 18.2. The molecule has 3 rings (SSSR count). The fourth-order valence-corrected chi connectivity index (χ4v) is 4.22. The molecule has 1 amide bonds. The fraction of sp³-hybridized carbons (Fsp3) is 0.520. The molecule has 2 aromatic rings. The molecule has 1 N–H and O–H groups in total. The second kappa shape index (κ2) is 11.6. The summed E-state index contributed by atoms with van der Waals surface area (Å²) in [5, 5.41) is 2.73. The molecule has 11 nitrogen and oxygen atoms in total. The van der Waals surface area contributed by atoms with Gasteiger partial charge in [-0.3, -0.25) is 19.1 Å². The number of aromatic nitrogens is 2. The first-order valence-corrected chi connectivity index (χ1v) is 11.8. The summed E-state index contributed by atoms with van der Waals surface area (Å²) in [6.45, 7) is 8.44. The Bertz CT molecular complexity index is 1180. The molecule has 196 valence electrons. The van der Waals surface area contributed by atoms with Gasteiger partial charge >= 0.3 is 11.8 Å². The number of benzene rings is 1. The molecule has 2 atom stereocenters. The number of hydrogen-bond acceptors (Lipinski definition) is 8. The van der Waals surface area contributed by atoms with Gasteiger partial charge in [-0.1, -0.05) is 18.2 Å². The average Bonchev–Trinajstić information content (AvgIpc) is 3.22. The highest BCUT2D eigenvalue weighted by atomic mass is 17.2. The van der Waals surface area contributed by atoms with Crippen molar-refractivity contribution in [1.82, 2.24) is 19.4 Å². The third kappa shape index (κ3) is 6.68. The van der Waals surface area contributed by atoms with Gasteiger partial charge in [-0.15, -0.1) is 0 Å². The largest absolute Gasteiger partial charge is 0.444 e. The van der Waals surface area contributed by atoms with Crippen LogP contribution in [0.5, 0.6) is 0 Å². The summed E-state index contributed by atoms with van der Waals surface area (Å²) in [6.07, 6.45) is 1.51. The monoisotopic (exact) mass is 502 g/mol. The lowest BCUT2D eigenvalue weighted by Crippen LogP contribution is -2.46. The Balaban J connectivity index is 1.82. The highest BCUT2D eigenvalue weighted by Crippen LogP contribution is 2.26. The summed E-state index contributed by atoms with van der Waals surface area (Å²) < 4.78 is 7.41. The van der Waals surface area contributed by atoms with E-state index in [9.17, 15) is 19.2 Å². The summed E-state index contributed by atoms with van der Waals surface area (Å²) >= 11 is 0. The number of likely N-dealkylation sites (tertiary alicyclic amines) is 1. The molecule has 2 heterocycles. The quantitative estimate of drug-likeness (QED) is 0.428. The molecule has 0 unspecified atom stereocenters. The van der Waals surface area contributed by atoms with E-state index in [1.165, 1.54) is 17.9 Å². The SMILES string of the molecule is COOC[C@H]1C[C@H](n2cc(C)c(=O)n(C(=O)c3ccccc3)c2=O)CN1CCNC(=O)OC(C)(C)C. The van der Waals surface area contributed by atoms with Gasteiger partial charge in [-0.25, -0.2) is 19.4 Å². The molecule has 1 fully saturated rings. The Morgan fingerprint density at radius 2 is 1.83 bits per heavy atom. The van der Waals surface area contributed by atoms with Crippen molar-refractivity contribution < 1.29 is 24.1 Å². The van der Waals surface area contributed by atoms with E-state index in [2.05, 4.69) is 10.2 Å². The molecule has 36 heavy (non-hydrogen) atoms. The molecule has 0 radical (unpaired) electrons. The predicted octanol–water partition coefficient (Wildman–Crippen LogP) is 1.73. The molecular weight excluding hydrogens is 468 g/mol. The minimum atomic E-state index is -0.690. The van der Waals surface area contributed by atoms with Gasteiger partial charge in [0.25, 0.3) is 11.5 Å². The molecule has 0 aliphatic carbocycles. The van der Waals surface area contributed by atoms with E-state index in [1.807, 2.05) is 0 Å². The van der Waals surface area contributed by atoms with E-state index < -0.39 is 28.9 Å². The zero-order valence-electron chi connectivity index (χ0n) is 21.4. The third-order valence-electron chi connectivity index (χ3n) is 5.85. The van der Waals surface area contributed by atoms with Crippen molar-refractivity contribution in [1.29, 1.82) is 0 Å². The zero-order valence-corrected chi connectivity index (χ0v) is 21.4. The Morgan fingerprint density at radius 3 is 2.47 bits per heavy atom.